The van der Waals surface area contributed by atoms with Crippen molar-refractivity contribution in [1.82, 2.24) is 0 Å². The summed E-state index contributed by atoms with van der Waals surface area (Å²) in [6.07, 6.45) is 31.8. The topological polar surface area (TPSA) is 12.5 Å². The Balaban J connectivity index is 0.901. The molecule has 2 aliphatic carbocycles. The van der Waals surface area contributed by atoms with Crippen LogP contribution in [0.2, 0.25) is 0 Å². The summed E-state index contributed by atoms with van der Waals surface area (Å²) in [5, 5.41) is 1.83. The van der Waals surface area contributed by atoms with Crippen molar-refractivity contribution in [1.29, 1.82) is 0 Å². The molecule has 0 spiro atoms. The van der Waals surface area contributed by atoms with Crippen LogP contribution in [0.3, 0.4) is 0 Å². The molecule has 4 heterocycles. The van der Waals surface area contributed by atoms with Crippen molar-refractivity contribution in [2.24, 2.45) is 0 Å². The van der Waals surface area contributed by atoms with Crippen molar-refractivity contribution in [3.8, 4) is 0 Å². The smallest absolute Gasteiger partial charge is 0.209 e. The lowest BCUT2D eigenvalue weighted by atomic mass is 9.81. The lowest BCUT2D eigenvalue weighted by molar-refractivity contribution is -0.451. The molecule has 4 aliphatic heterocycles. The van der Waals surface area contributed by atoms with Crippen LogP contribution in [0.1, 0.15) is 169 Å². The SMILES string of the molecule is CCCCN1/C(=C/C=C2\CCCC(/C=C/C3=[N+](CCCC[N+]4=C(/C=C/C5=C(Cl)C(=C/C=C6/N(CCCC)c7ccccc7C6(C)C)/CCC5)C(C)(C)c5ccccc54)c4ccccc4C3(C)C)=C2Cl)C(C)(C)c2ccccc21. The van der Waals surface area contributed by atoms with Gasteiger partial charge in [-0.05, 0) is 137 Å². The zero-order valence-corrected chi connectivity index (χ0v) is 50.2. The molecule has 0 atom stereocenters. The average Bonchev–Trinajstić information content (AvgIpc) is 4.16. The van der Waals surface area contributed by atoms with E-state index in [4.69, 9.17) is 23.2 Å². The van der Waals surface area contributed by atoms with Crippen LogP contribution in [0, 0.1) is 0 Å². The van der Waals surface area contributed by atoms with Crippen molar-refractivity contribution in [2.45, 2.75) is 168 Å². The molecular weight excluding hydrogens is 992 g/mol. The summed E-state index contributed by atoms with van der Waals surface area (Å²) in [7, 11) is 0. The van der Waals surface area contributed by atoms with Crippen molar-refractivity contribution in [3.63, 3.8) is 0 Å². The standard InChI is InChI=1S/C72H86Cl2N4/c1-11-13-47-75-59-35-19-15-31-55(59)69(3,4)63(75)43-39-51-27-25-29-53(67(51)73)41-45-65-71(7,8)57-33-17-21-37-61(57)77(65)49-23-24-50-78-62-38-22-18-34-58(62)72(9,10)66(78)46-42-54-30-26-28-52(68(54)74)40-44-64-70(5,6)56-32-16-20-36-60(56)76(64)48-14-12-2/h15-22,31-46H,11-14,23-30,47-50H2,1-10H3/q+2. The largest absolute Gasteiger partial charge is 0.344 e. The number of allylic oxidation sites excluding steroid dienone is 16. The second-order valence-electron chi connectivity index (χ2n) is 24.9. The number of benzene rings is 4. The van der Waals surface area contributed by atoms with Crippen molar-refractivity contribution in [2.75, 3.05) is 36.0 Å². The number of anilines is 2. The molecule has 0 saturated heterocycles. The Kier molecular flexibility index (Phi) is 16.3. The Morgan fingerprint density at radius 3 is 1.21 bits per heavy atom. The van der Waals surface area contributed by atoms with E-state index in [1.165, 1.54) is 103 Å². The molecule has 0 N–H and O–H groups in total. The summed E-state index contributed by atoms with van der Waals surface area (Å²) in [6, 6.07) is 36.0. The fourth-order valence-corrected chi connectivity index (χ4v) is 14.5. The Morgan fingerprint density at radius 1 is 0.436 bits per heavy atom. The highest BCUT2D eigenvalue weighted by Gasteiger charge is 2.46. The molecule has 0 amide bonds. The van der Waals surface area contributed by atoms with Crippen molar-refractivity contribution >= 4 is 57.4 Å². The lowest BCUT2D eigenvalue weighted by Crippen LogP contribution is -2.29. The van der Waals surface area contributed by atoms with E-state index >= 15 is 0 Å². The minimum atomic E-state index is -0.151. The first kappa shape index (κ1) is 55.6. The van der Waals surface area contributed by atoms with E-state index in [9.17, 15) is 0 Å². The Morgan fingerprint density at radius 2 is 0.808 bits per heavy atom. The molecule has 0 unspecified atom stereocenters. The van der Waals surface area contributed by atoms with Gasteiger partial charge in [-0.15, -0.1) is 0 Å². The van der Waals surface area contributed by atoms with E-state index in [0.29, 0.717) is 0 Å². The molecule has 406 valence electrons. The minimum absolute atomic E-state index is 0.0764. The summed E-state index contributed by atoms with van der Waals surface area (Å²) >= 11 is 14.9. The van der Waals surface area contributed by atoms with Gasteiger partial charge in [-0.1, -0.05) is 175 Å². The maximum absolute atomic E-state index is 7.45. The number of para-hydroxylation sites is 4. The molecule has 78 heavy (non-hydrogen) atoms. The fraction of sp³-hybridized carbons (Fsp3) is 0.417. The zero-order valence-electron chi connectivity index (χ0n) is 48.7. The molecule has 0 bridgehead atoms. The summed E-state index contributed by atoms with van der Waals surface area (Å²) in [6.45, 7) is 27.5. The molecule has 0 saturated carbocycles. The Labute approximate surface area is 479 Å². The van der Waals surface area contributed by atoms with Gasteiger partial charge in [0.15, 0.2) is 11.4 Å². The third-order valence-electron chi connectivity index (χ3n) is 18.4. The maximum atomic E-state index is 7.45. The highest BCUT2D eigenvalue weighted by Crippen LogP contribution is 2.50. The minimum Gasteiger partial charge on any atom is -0.344 e. The normalized spacial score (nSPS) is 22.2. The van der Waals surface area contributed by atoms with Gasteiger partial charge in [0.2, 0.25) is 11.4 Å². The molecule has 10 rings (SSSR count). The zero-order chi connectivity index (χ0) is 55.0. The van der Waals surface area contributed by atoms with Crippen LogP contribution in [-0.4, -0.2) is 46.8 Å². The van der Waals surface area contributed by atoms with E-state index in [2.05, 4.69) is 234 Å². The fourth-order valence-electron chi connectivity index (χ4n) is 13.8. The van der Waals surface area contributed by atoms with Crippen molar-refractivity contribution < 1.29 is 9.15 Å². The number of fused-ring (bicyclic) bond motifs is 4. The van der Waals surface area contributed by atoms with Crippen LogP contribution < -0.4 is 9.80 Å². The molecule has 0 aromatic heterocycles. The van der Waals surface area contributed by atoms with Crippen molar-refractivity contribution in [3.05, 3.63) is 212 Å². The highest BCUT2D eigenvalue weighted by molar-refractivity contribution is 6.33. The number of halogens is 2. The monoisotopic (exact) mass is 1080 g/mol. The van der Waals surface area contributed by atoms with Crippen LogP contribution in [0.5, 0.6) is 0 Å². The Hall–Kier alpha value is -5.68. The lowest BCUT2D eigenvalue weighted by Gasteiger charge is -2.27. The number of rotatable bonds is 17. The van der Waals surface area contributed by atoms with Crippen LogP contribution in [0.25, 0.3) is 0 Å². The first-order valence-corrected chi connectivity index (χ1v) is 30.5. The molecule has 4 aromatic carbocycles. The van der Waals surface area contributed by atoms with Gasteiger partial charge in [0.05, 0.1) is 10.8 Å². The van der Waals surface area contributed by atoms with E-state index in [1.54, 1.807) is 0 Å². The second-order valence-corrected chi connectivity index (χ2v) is 25.7. The molecule has 6 heteroatoms. The quantitative estimate of drug-likeness (QED) is 0.0772. The van der Waals surface area contributed by atoms with Gasteiger partial charge >= 0.3 is 0 Å². The van der Waals surface area contributed by atoms with Gasteiger partial charge in [-0.25, -0.2) is 0 Å². The van der Waals surface area contributed by atoms with Crippen LogP contribution >= 0.6 is 23.2 Å². The number of hydrogen-bond acceptors (Lipinski definition) is 2. The number of nitrogens with zero attached hydrogens (tertiary/aromatic N) is 4. The summed E-state index contributed by atoms with van der Waals surface area (Å²) in [5.41, 5.74) is 20.8. The van der Waals surface area contributed by atoms with E-state index < -0.39 is 0 Å². The van der Waals surface area contributed by atoms with Gasteiger partial charge in [0.25, 0.3) is 0 Å². The maximum Gasteiger partial charge on any atom is 0.209 e. The van der Waals surface area contributed by atoms with Gasteiger partial charge < -0.3 is 9.80 Å². The molecule has 4 nitrogen and oxygen atoms in total. The summed E-state index contributed by atoms with van der Waals surface area (Å²) in [5.74, 6) is 0. The van der Waals surface area contributed by atoms with E-state index in [1.807, 2.05) is 0 Å². The second kappa shape index (κ2) is 22.8. The average molecular weight is 1080 g/mol. The van der Waals surface area contributed by atoms with Crippen LogP contribution in [0.4, 0.5) is 22.7 Å². The highest BCUT2D eigenvalue weighted by atomic mass is 35.5. The van der Waals surface area contributed by atoms with Gasteiger partial charge in [-0.2, -0.15) is 9.15 Å². The number of hydrogen-bond donors (Lipinski definition) is 0. The molecule has 4 aromatic rings. The summed E-state index contributed by atoms with van der Waals surface area (Å²) < 4.78 is 5.21. The first-order valence-electron chi connectivity index (χ1n) is 29.7. The van der Waals surface area contributed by atoms with Gasteiger partial charge in [0, 0.05) is 105 Å². The molecule has 0 fully saturated rings. The summed E-state index contributed by atoms with van der Waals surface area (Å²) in [4.78, 5) is 5.11. The van der Waals surface area contributed by atoms with E-state index in [-0.39, 0.29) is 21.7 Å². The van der Waals surface area contributed by atoms with Gasteiger partial charge in [-0.3, -0.25) is 0 Å². The molecular formula is C72H86Cl2N4+2. The van der Waals surface area contributed by atoms with E-state index in [0.717, 1.165) is 100 Å². The third kappa shape index (κ3) is 10.3. The van der Waals surface area contributed by atoms with Gasteiger partial charge in [0.1, 0.15) is 13.1 Å². The predicted molar refractivity (Wildman–Crippen MR) is 335 cm³/mol. The van der Waals surface area contributed by atoms with Crippen LogP contribution in [0.15, 0.2) is 189 Å². The molecule has 0 radical (unpaired) electrons. The first-order chi connectivity index (χ1) is 37.5. The third-order valence-corrected chi connectivity index (χ3v) is 19.3. The predicted octanol–water partition coefficient (Wildman–Crippen LogP) is 19.2. The Bertz CT molecular complexity index is 3080. The number of unbranched alkanes of at least 4 members (excludes halogenated alkanes) is 3. The molecule has 6 aliphatic rings. The van der Waals surface area contributed by atoms with Crippen LogP contribution in [-0.2, 0) is 21.7 Å².